The molecule has 0 saturated carbocycles. The number of rotatable bonds is 1. The van der Waals surface area contributed by atoms with E-state index in [1.165, 1.54) is 0 Å². The molecule has 1 aromatic rings. The van der Waals surface area contributed by atoms with Crippen LogP contribution in [0.5, 0.6) is 5.75 Å². The SMILES string of the molecule is Cc1c(O)cc(CO)cc1Br. The van der Waals surface area contributed by atoms with Crippen molar-refractivity contribution in [3.8, 4) is 5.75 Å². The number of aromatic hydroxyl groups is 1. The van der Waals surface area contributed by atoms with E-state index >= 15 is 0 Å². The summed E-state index contributed by atoms with van der Waals surface area (Å²) in [4.78, 5) is 0. The fourth-order valence-corrected chi connectivity index (χ4v) is 1.31. The van der Waals surface area contributed by atoms with Crippen molar-refractivity contribution >= 4 is 15.9 Å². The minimum absolute atomic E-state index is 0.0492. The van der Waals surface area contributed by atoms with Crippen molar-refractivity contribution in [1.82, 2.24) is 0 Å². The zero-order valence-electron chi connectivity index (χ0n) is 6.13. The highest BCUT2D eigenvalue weighted by atomic mass is 79.9. The van der Waals surface area contributed by atoms with Crippen LogP contribution in [0.3, 0.4) is 0 Å². The number of phenolic OH excluding ortho intramolecular Hbond substituents is 1. The molecule has 0 radical (unpaired) electrons. The summed E-state index contributed by atoms with van der Waals surface area (Å²) in [5.41, 5.74) is 1.50. The molecule has 0 aromatic heterocycles. The van der Waals surface area contributed by atoms with E-state index in [1.54, 1.807) is 19.1 Å². The number of halogens is 1. The zero-order chi connectivity index (χ0) is 8.43. The average Bonchev–Trinajstić information content (AvgIpc) is 1.99. The van der Waals surface area contributed by atoms with Gasteiger partial charge in [0.15, 0.2) is 0 Å². The second-order valence-electron chi connectivity index (χ2n) is 2.38. The van der Waals surface area contributed by atoms with Crippen LogP contribution < -0.4 is 0 Å². The van der Waals surface area contributed by atoms with Crippen LogP contribution in [0.25, 0.3) is 0 Å². The lowest BCUT2D eigenvalue weighted by Gasteiger charge is -2.03. The first-order chi connectivity index (χ1) is 5.15. The van der Waals surface area contributed by atoms with E-state index < -0.39 is 0 Å². The van der Waals surface area contributed by atoms with Gasteiger partial charge in [-0.25, -0.2) is 0 Å². The van der Waals surface area contributed by atoms with Crippen LogP contribution >= 0.6 is 15.9 Å². The van der Waals surface area contributed by atoms with Gasteiger partial charge in [0, 0.05) is 10.0 Å². The highest BCUT2D eigenvalue weighted by Crippen LogP contribution is 2.26. The summed E-state index contributed by atoms with van der Waals surface area (Å²) in [6.45, 7) is 1.76. The van der Waals surface area contributed by atoms with Gasteiger partial charge in [-0.15, -0.1) is 0 Å². The number of phenols is 1. The van der Waals surface area contributed by atoms with Gasteiger partial charge in [-0.1, -0.05) is 15.9 Å². The van der Waals surface area contributed by atoms with Crippen LogP contribution in [0.1, 0.15) is 11.1 Å². The van der Waals surface area contributed by atoms with E-state index in [4.69, 9.17) is 5.11 Å². The van der Waals surface area contributed by atoms with Gasteiger partial charge in [0.05, 0.1) is 6.61 Å². The molecule has 2 nitrogen and oxygen atoms in total. The number of aliphatic hydroxyl groups excluding tert-OH is 1. The summed E-state index contributed by atoms with van der Waals surface area (Å²) in [6, 6.07) is 3.34. The fourth-order valence-electron chi connectivity index (χ4n) is 0.810. The standard InChI is InChI=1S/C8H9BrO2/c1-5-7(9)2-6(4-10)3-8(5)11/h2-3,10-11H,4H2,1H3. The molecular formula is C8H9BrO2. The summed E-state index contributed by atoms with van der Waals surface area (Å²) >= 11 is 3.27. The third-order valence-electron chi connectivity index (χ3n) is 1.56. The van der Waals surface area contributed by atoms with E-state index in [-0.39, 0.29) is 12.4 Å². The lowest BCUT2D eigenvalue weighted by molar-refractivity contribution is 0.281. The Kier molecular flexibility index (Phi) is 2.52. The fraction of sp³-hybridized carbons (Fsp3) is 0.250. The number of hydrogen-bond acceptors (Lipinski definition) is 2. The molecule has 0 saturated heterocycles. The second-order valence-corrected chi connectivity index (χ2v) is 3.23. The Labute approximate surface area is 73.6 Å². The number of hydrogen-bond donors (Lipinski definition) is 2. The lowest BCUT2D eigenvalue weighted by Crippen LogP contribution is -1.85. The molecule has 0 aliphatic heterocycles. The second kappa shape index (κ2) is 3.24. The summed E-state index contributed by atoms with van der Waals surface area (Å²) in [7, 11) is 0. The van der Waals surface area contributed by atoms with Crippen LogP contribution in [0.4, 0.5) is 0 Å². The Hall–Kier alpha value is -0.540. The van der Waals surface area contributed by atoms with Crippen LogP contribution in [-0.4, -0.2) is 10.2 Å². The topological polar surface area (TPSA) is 40.5 Å². The minimum atomic E-state index is -0.0492. The van der Waals surface area contributed by atoms with E-state index in [0.717, 1.165) is 10.0 Å². The number of aliphatic hydroxyl groups is 1. The van der Waals surface area contributed by atoms with Crippen molar-refractivity contribution in [1.29, 1.82) is 0 Å². The minimum Gasteiger partial charge on any atom is -0.508 e. The molecular weight excluding hydrogens is 208 g/mol. The quantitative estimate of drug-likeness (QED) is 0.754. The van der Waals surface area contributed by atoms with Crippen molar-refractivity contribution in [2.75, 3.05) is 0 Å². The molecule has 2 N–H and O–H groups in total. The summed E-state index contributed by atoms with van der Waals surface area (Å²) < 4.78 is 0.821. The average molecular weight is 217 g/mol. The molecule has 3 heteroatoms. The first-order valence-corrected chi connectivity index (χ1v) is 4.03. The Bertz CT molecular complexity index is 248. The Balaban J connectivity index is 3.21. The largest absolute Gasteiger partial charge is 0.508 e. The Morgan fingerprint density at radius 2 is 2.09 bits per heavy atom. The molecule has 0 unspecified atom stereocenters. The van der Waals surface area contributed by atoms with Gasteiger partial charge in [0.2, 0.25) is 0 Å². The van der Waals surface area contributed by atoms with Gasteiger partial charge in [0.25, 0.3) is 0 Å². The maximum absolute atomic E-state index is 9.27. The Morgan fingerprint density at radius 1 is 1.45 bits per heavy atom. The molecule has 0 bridgehead atoms. The predicted molar refractivity (Wildman–Crippen MR) is 46.5 cm³/mol. The monoisotopic (exact) mass is 216 g/mol. The maximum Gasteiger partial charge on any atom is 0.119 e. The number of benzene rings is 1. The van der Waals surface area contributed by atoms with Gasteiger partial charge in [0.1, 0.15) is 5.75 Å². The molecule has 0 amide bonds. The van der Waals surface area contributed by atoms with Crippen LogP contribution in [0.2, 0.25) is 0 Å². The first kappa shape index (κ1) is 8.56. The molecule has 0 aliphatic rings. The van der Waals surface area contributed by atoms with Crippen LogP contribution in [0.15, 0.2) is 16.6 Å². The van der Waals surface area contributed by atoms with E-state index in [9.17, 15) is 5.11 Å². The van der Waals surface area contributed by atoms with E-state index in [0.29, 0.717) is 5.56 Å². The van der Waals surface area contributed by atoms with E-state index in [2.05, 4.69) is 15.9 Å². The van der Waals surface area contributed by atoms with Crippen molar-refractivity contribution in [3.63, 3.8) is 0 Å². The van der Waals surface area contributed by atoms with Gasteiger partial charge in [-0.3, -0.25) is 0 Å². The predicted octanol–water partition coefficient (Wildman–Crippen LogP) is 1.96. The van der Waals surface area contributed by atoms with Crippen molar-refractivity contribution < 1.29 is 10.2 Å². The highest BCUT2D eigenvalue weighted by molar-refractivity contribution is 9.10. The highest BCUT2D eigenvalue weighted by Gasteiger charge is 2.02. The van der Waals surface area contributed by atoms with Crippen molar-refractivity contribution in [3.05, 3.63) is 27.7 Å². The molecule has 1 aromatic carbocycles. The van der Waals surface area contributed by atoms with Gasteiger partial charge in [-0.05, 0) is 24.6 Å². The van der Waals surface area contributed by atoms with Crippen LogP contribution in [0, 0.1) is 6.92 Å². The van der Waals surface area contributed by atoms with Crippen molar-refractivity contribution in [2.24, 2.45) is 0 Å². The van der Waals surface area contributed by atoms with E-state index in [1.807, 2.05) is 0 Å². The van der Waals surface area contributed by atoms with Gasteiger partial charge in [-0.2, -0.15) is 0 Å². The smallest absolute Gasteiger partial charge is 0.119 e. The van der Waals surface area contributed by atoms with Gasteiger partial charge >= 0.3 is 0 Å². The Morgan fingerprint density at radius 3 is 2.55 bits per heavy atom. The van der Waals surface area contributed by atoms with Gasteiger partial charge < -0.3 is 10.2 Å². The molecule has 0 atom stereocenters. The summed E-state index contributed by atoms with van der Waals surface area (Å²) in [5, 5.41) is 18.0. The molecule has 11 heavy (non-hydrogen) atoms. The third kappa shape index (κ3) is 1.73. The molecule has 0 aliphatic carbocycles. The molecule has 0 fully saturated rings. The summed E-state index contributed by atoms with van der Waals surface area (Å²) in [6.07, 6.45) is 0. The van der Waals surface area contributed by atoms with Crippen molar-refractivity contribution in [2.45, 2.75) is 13.5 Å². The maximum atomic E-state index is 9.27. The molecule has 60 valence electrons. The lowest BCUT2D eigenvalue weighted by atomic mass is 10.1. The summed E-state index contributed by atoms with van der Waals surface area (Å²) in [5.74, 6) is 0.212. The molecule has 0 spiro atoms. The normalized spacial score (nSPS) is 10.1. The first-order valence-electron chi connectivity index (χ1n) is 3.24. The van der Waals surface area contributed by atoms with Crippen LogP contribution in [-0.2, 0) is 6.61 Å². The molecule has 0 heterocycles. The zero-order valence-corrected chi connectivity index (χ0v) is 7.72. The third-order valence-corrected chi connectivity index (χ3v) is 2.38. The molecule has 1 rings (SSSR count).